The Kier molecular flexibility index (Phi) is 12.3. The molecule has 4 N–H and O–H groups in total. The molecule has 1 aliphatic rings. The minimum atomic E-state index is -1.41. The first kappa shape index (κ1) is 31.0. The number of allylic oxidation sites excluding steroid dienone is 2. The van der Waals surface area contributed by atoms with E-state index in [2.05, 4.69) is 0 Å². The lowest BCUT2D eigenvalue weighted by Crippen LogP contribution is -2.42. The van der Waals surface area contributed by atoms with E-state index in [1.807, 2.05) is 26.0 Å². The average molecular weight is 497 g/mol. The molecule has 8 nitrogen and oxygen atoms in total. The monoisotopic (exact) mass is 496 g/mol. The van der Waals surface area contributed by atoms with Crippen LogP contribution in [0, 0.1) is 11.8 Å². The van der Waals surface area contributed by atoms with Gasteiger partial charge in [0.2, 0.25) is 0 Å². The number of rotatable bonds is 8. The summed E-state index contributed by atoms with van der Waals surface area (Å²) in [5, 5.41) is 41.3. The van der Waals surface area contributed by atoms with Crippen molar-refractivity contribution in [3.63, 3.8) is 0 Å². The van der Waals surface area contributed by atoms with Crippen molar-refractivity contribution >= 4 is 11.9 Å². The Morgan fingerprint density at radius 1 is 1.40 bits per heavy atom. The van der Waals surface area contributed by atoms with Gasteiger partial charge in [0.25, 0.3) is 0 Å². The van der Waals surface area contributed by atoms with E-state index in [4.69, 9.17) is 9.47 Å². The Morgan fingerprint density at radius 3 is 2.66 bits per heavy atom. The van der Waals surface area contributed by atoms with E-state index in [9.17, 15) is 30.0 Å². The molecule has 0 spiro atoms. The second kappa shape index (κ2) is 13.9. The van der Waals surface area contributed by atoms with Crippen molar-refractivity contribution in [3.05, 3.63) is 36.5 Å². The van der Waals surface area contributed by atoms with Crippen molar-refractivity contribution in [2.75, 3.05) is 0 Å². The zero-order chi connectivity index (χ0) is 26.8. The third-order valence-corrected chi connectivity index (χ3v) is 6.32. The van der Waals surface area contributed by atoms with Crippen LogP contribution >= 0.6 is 0 Å². The lowest BCUT2D eigenvalue weighted by atomic mass is 9.89. The SMILES string of the molecule is CCC(O)C(C)(O)/C=C/CC(C)/C=C/C1OC(=O)CC(O)CCC(C)(O)C(OC(C)=O)/C=C/C1C. The quantitative estimate of drug-likeness (QED) is 0.298. The van der Waals surface area contributed by atoms with Crippen LogP contribution in [0.4, 0.5) is 0 Å². The fourth-order valence-electron chi connectivity index (χ4n) is 3.78. The summed E-state index contributed by atoms with van der Waals surface area (Å²) in [6.45, 7) is 9.98. The second-order valence-corrected chi connectivity index (χ2v) is 10.1. The highest BCUT2D eigenvalue weighted by Crippen LogP contribution is 2.26. The molecule has 0 saturated carbocycles. The fourth-order valence-corrected chi connectivity index (χ4v) is 3.78. The second-order valence-electron chi connectivity index (χ2n) is 10.1. The minimum Gasteiger partial charge on any atom is -0.457 e. The van der Waals surface area contributed by atoms with Crippen LogP contribution in [-0.4, -0.2) is 68.0 Å². The van der Waals surface area contributed by atoms with E-state index < -0.39 is 47.6 Å². The molecule has 0 saturated heterocycles. The summed E-state index contributed by atoms with van der Waals surface area (Å²) in [4.78, 5) is 24.0. The molecule has 35 heavy (non-hydrogen) atoms. The molecule has 0 fully saturated rings. The number of hydrogen-bond donors (Lipinski definition) is 4. The van der Waals surface area contributed by atoms with E-state index >= 15 is 0 Å². The molecular formula is C27H44O8. The van der Waals surface area contributed by atoms with Crippen LogP contribution in [0.15, 0.2) is 36.5 Å². The van der Waals surface area contributed by atoms with Crippen molar-refractivity contribution in [1.82, 2.24) is 0 Å². The number of hydrogen-bond acceptors (Lipinski definition) is 8. The molecule has 0 amide bonds. The summed E-state index contributed by atoms with van der Waals surface area (Å²) in [5.74, 6) is -1.32. The Morgan fingerprint density at radius 2 is 2.06 bits per heavy atom. The van der Waals surface area contributed by atoms with Crippen molar-refractivity contribution in [1.29, 1.82) is 0 Å². The highest BCUT2D eigenvalue weighted by Gasteiger charge is 2.34. The Labute approximate surface area is 209 Å². The lowest BCUT2D eigenvalue weighted by molar-refractivity contribution is -0.157. The molecule has 8 unspecified atom stereocenters. The van der Waals surface area contributed by atoms with E-state index in [0.717, 1.165) is 0 Å². The van der Waals surface area contributed by atoms with Gasteiger partial charge in [0.15, 0.2) is 0 Å². The van der Waals surface area contributed by atoms with Gasteiger partial charge in [-0.2, -0.15) is 0 Å². The Balaban J connectivity index is 3.04. The standard InChI is InChI=1S/C27H44O8/c1-7-23(30)26(5,32)15-8-9-18(2)10-12-22-19(3)11-13-24(34-20(4)28)27(6,33)16-14-21(29)17-25(31)35-22/h8,10-13,15,18-19,21-24,29-30,32-33H,7,9,14,16-17H2,1-6H3/b12-10+,13-11+,15-8+. The first-order valence-corrected chi connectivity index (χ1v) is 12.4. The zero-order valence-electron chi connectivity index (χ0n) is 21.9. The summed E-state index contributed by atoms with van der Waals surface area (Å²) in [6.07, 6.45) is 8.15. The van der Waals surface area contributed by atoms with E-state index in [1.54, 1.807) is 38.2 Å². The summed E-state index contributed by atoms with van der Waals surface area (Å²) < 4.78 is 10.9. The van der Waals surface area contributed by atoms with Gasteiger partial charge in [-0.15, -0.1) is 0 Å². The number of aliphatic hydroxyl groups excluding tert-OH is 2. The van der Waals surface area contributed by atoms with Gasteiger partial charge < -0.3 is 29.9 Å². The Bertz CT molecular complexity index is 767. The highest BCUT2D eigenvalue weighted by molar-refractivity contribution is 5.70. The van der Waals surface area contributed by atoms with Crippen molar-refractivity contribution in [3.8, 4) is 0 Å². The lowest BCUT2D eigenvalue weighted by Gasteiger charge is -2.32. The minimum absolute atomic E-state index is 0.0530. The first-order chi connectivity index (χ1) is 16.2. The largest absolute Gasteiger partial charge is 0.457 e. The number of carbonyl (C=O) groups is 2. The molecule has 8 atom stereocenters. The van der Waals surface area contributed by atoms with Gasteiger partial charge >= 0.3 is 11.9 Å². The van der Waals surface area contributed by atoms with Crippen molar-refractivity contribution < 1.29 is 39.5 Å². The van der Waals surface area contributed by atoms with Gasteiger partial charge in [-0.05, 0) is 57.6 Å². The van der Waals surface area contributed by atoms with Crippen LogP contribution < -0.4 is 0 Å². The third-order valence-electron chi connectivity index (χ3n) is 6.32. The zero-order valence-corrected chi connectivity index (χ0v) is 21.9. The molecule has 1 aliphatic heterocycles. The van der Waals surface area contributed by atoms with Crippen LogP contribution in [0.5, 0.6) is 0 Å². The number of cyclic esters (lactones) is 1. The van der Waals surface area contributed by atoms with Crippen LogP contribution in [-0.2, 0) is 19.1 Å². The van der Waals surface area contributed by atoms with Crippen LogP contribution in [0.25, 0.3) is 0 Å². The highest BCUT2D eigenvalue weighted by atomic mass is 16.6. The molecule has 0 bridgehead atoms. The molecule has 8 heteroatoms. The molecule has 1 heterocycles. The van der Waals surface area contributed by atoms with E-state index in [1.165, 1.54) is 13.8 Å². The number of carbonyl (C=O) groups excluding carboxylic acids is 2. The van der Waals surface area contributed by atoms with Gasteiger partial charge in [-0.1, -0.05) is 45.1 Å². The molecule has 0 aromatic rings. The maximum atomic E-state index is 12.4. The van der Waals surface area contributed by atoms with Gasteiger partial charge in [-0.3, -0.25) is 9.59 Å². The van der Waals surface area contributed by atoms with Gasteiger partial charge in [0.1, 0.15) is 23.4 Å². The number of ether oxygens (including phenoxy) is 2. The number of esters is 2. The van der Waals surface area contributed by atoms with E-state index in [0.29, 0.717) is 12.8 Å². The molecule has 0 aromatic carbocycles. The maximum Gasteiger partial charge on any atom is 0.309 e. The number of aliphatic hydroxyl groups is 4. The molecule has 0 radical (unpaired) electrons. The Hall–Kier alpha value is -2.00. The summed E-state index contributed by atoms with van der Waals surface area (Å²) in [6, 6.07) is 0. The molecule has 200 valence electrons. The van der Waals surface area contributed by atoms with Gasteiger partial charge in [0.05, 0.1) is 18.6 Å². The van der Waals surface area contributed by atoms with E-state index in [-0.39, 0.29) is 31.1 Å². The topological polar surface area (TPSA) is 134 Å². The van der Waals surface area contributed by atoms with Gasteiger partial charge in [0, 0.05) is 12.8 Å². The summed E-state index contributed by atoms with van der Waals surface area (Å²) in [7, 11) is 0. The molecule has 0 aromatic heterocycles. The van der Waals surface area contributed by atoms with Gasteiger partial charge in [-0.25, -0.2) is 0 Å². The summed E-state index contributed by atoms with van der Waals surface area (Å²) in [5.41, 5.74) is -2.72. The predicted octanol–water partition coefficient (Wildman–Crippen LogP) is 2.98. The summed E-state index contributed by atoms with van der Waals surface area (Å²) >= 11 is 0. The normalized spacial score (nSPS) is 33.3. The van der Waals surface area contributed by atoms with Crippen molar-refractivity contribution in [2.45, 2.75) is 109 Å². The predicted molar refractivity (Wildman–Crippen MR) is 133 cm³/mol. The van der Waals surface area contributed by atoms with Crippen LogP contribution in [0.3, 0.4) is 0 Å². The fraction of sp³-hybridized carbons (Fsp3) is 0.704. The third kappa shape index (κ3) is 11.1. The smallest absolute Gasteiger partial charge is 0.309 e. The molecule has 0 aliphatic carbocycles. The van der Waals surface area contributed by atoms with Crippen molar-refractivity contribution in [2.24, 2.45) is 11.8 Å². The average Bonchev–Trinajstić information content (AvgIpc) is 2.76. The maximum absolute atomic E-state index is 12.4. The molecule has 1 rings (SSSR count). The first-order valence-electron chi connectivity index (χ1n) is 12.4. The van der Waals surface area contributed by atoms with Crippen LogP contribution in [0.2, 0.25) is 0 Å². The van der Waals surface area contributed by atoms with Crippen LogP contribution in [0.1, 0.15) is 73.6 Å². The molecular weight excluding hydrogens is 452 g/mol.